The highest BCUT2D eigenvalue weighted by molar-refractivity contribution is 6.02. The van der Waals surface area contributed by atoms with Crippen molar-refractivity contribution in [2.75, 3.05) is 20.7 Å². The van der Waals surface area contributed by atoms with Crippen molar-refractivity contribution in [3.8, 4) is 0 Å². The highest BCUT2D eigenvalue weighted by Gasteiger charge is 2.28. The Morgan fingerprint density at radius 3 is 2.71 bits per heavy atom. The van der Waals surface area contributed by atoms with Gasteiger partial charge in [-0.05, 0) is 63.4 Å². The van der Waals surface area contributed by atoms with Crippen LogP contribution < -0.4 is 0 Å². The molecule has 1 aliphatic rings. The van der Waals surface area contributed by atoms with Gasteiger partial charge in [0.05, 0.1) is 7.11 Å². The predicted octanol–water partition coefficient (Wildman–Crippen LogP) is 5.55. The van der Waals surface area contributed by atoms with Gasteiger partial charge in [0.15, 0.2) is 5.78 Å². The summed E-state index contributed by atoms with van der Waals surface area (Å²) in [6.07, 6.45) is 11.8. The molecule has 0 aliphatic heterocycles. The van der Waals surface area contributed by atoms with Gasteiger partial charge in [-0.2, -0.15) is 0 Å². The quantitative estimate of drug-likeness (QED) is 0.372. The average molecular weight is 382 g/mol. The van der Waals surface area contributed by atoms with Crippen molar-refractivity contribution >= 4 is 5.78 Å². The molecule has 0 bridgehead atoms. The Kier molecular flexibility index (Phi) is 9.22. The van der Waals surface area contributed by atoms with Crippen LogP contribution in [-0.2, 0) is 16.1 Å². The van der Waals surface area contributed by atoms with Gasteiger partial charge in [0.2, 0.25) is 0 Å². The lowest BCUT2D eigenvalue weighted by molar-refractivity contribution is -0.118. The Morgan fingerprint density at radius 1 is 1.32 bits per heavy atom. The summed E-state index contributed by atoms with van der Waals surface area (Å²) in [7, 11) is 3.82. The molecular formula is C25H35NO2. The molecule has 0 radical (unpaired) electrons. The molecule has 2 rings (SSSR count). The molecule has 1 aromatic carbocycles. The molecule has 3 nitrogen and oxygen atoms in total. The molecule has 152 valence electrons. The van der Waals surface area contributed by atoms with Crippen molar-refractivity contribution in [3.05, 3.63) is 71.5 Å². The molecule has 0 N–H and O–H groups in total. The molecular weight excluding hydrogens is 346 g/mol. The zero-order valence-electron chi connectivity index (χ0n) is 17.9. The number of nitrogens with zero attached hydrogens (tertiary/aromatic N) is 1. The lowest BCUT2D eigenvalue weighted by Crippen LogP contribution is -2.23. The SMILES string of the molecule is C/C=C\C(=C/C1=CCC(CC(CC)CCN(C)Cc2ccccc2)C1=O)OC. The minimum Gasteiger partial charge on any atom is -0.497 e. The third-order valence-corrected chi connectivity index (χ3v) is 5.55. The molecule has 0 aromatic heterocycles. The molecule has 0 saturated heterocycles. The van der Waals surface area contributed by atoms with E-state index in [2.05, 4.69) is 55.3 Å². The van der Waals surface area contributed by atoms with E-state index in [4.69, 9.17) is 4.74 Å². The number of ether oxygens (including phenoxy) is 1. The fourth-order valence-electron chi connectivity index (χ4n) is 3.81. The monoisotopic (exact) mass is 381 g/mol. The lowest BCUT2D eigenvalue weighted by atomic mass is 9.87. The summed E-state index contributed by atoms with van der Waals surface area (Å²) in [5.74, 6) is 1.72. The second-order valence-corrected chi connectivity index (χ2v) is 7.73. The standard InChI is InChI=1S/C25H35NO2/c1-5-10-24(28-4)18-23-14-13-22(25(23)27)17-20(6-2)15-16-26(3)19-21-11-8-7-9-12-21/h5,7-12,14,18,20,22H,6,13,15-17,19H2,1-4H3/b10-5-,24-18+. The van der Waals surface area contributed by atoms with Crippen molar-refractivity contribution in [1.82, 2.24) is 4.90 Å². The van der Waals surface area contributed by atoms with Crippen LogP contribution in [0.4, 0.5) is 0 Å². The van der Waals surface area contributed by atoms with Crippen LogP contribution in [0, 0.1) is 11.8 Å². The lowest BCUT2D eigenvalue weighted by Gasteiger charge is -2.23. The molecule has 1 aromatic rings. The number of Topliss-reactive ketones (excluding diaryl/α,β-unsaturated/α-hetero) is 1. The Morgan fingerprint density at radius 2 is 2.07 bits per heavy atom. The van der Waals surface area contributed by atoms with Gasteiger partial charge >= 0.3 is 0 Å². The summed E-state index contributed by atoms with van der Waals surface area (Å²) >= 11 is 0. The Bertz CT molecular complexity index is 703. The first-order valence-electron chi connectivity index (χ1n) is 10.4. The molecule has 0 saturated carbocycles. The fraction of sp³-hybridized carbons (Fsp3) is 0.480. The van der Waals surface area contributed by atoms with Crippen LogP contribution in [0.5, 0.6) is 0 Å². The zero-order chi connectivity index (χ0) is 20.4. The molecule has 3 heteroatoms. The normalized spacial score (nSPS) is 18.8. The number of carbonyl (C=O) groups is 1. The fourth-order valence-corrected chi connectivity index (χ4v) is 3.81. The maximum absolute atomic E-state index is 12.8. The van der Waals surface area contributed by atoms with Crippen LogP contribution in [0.1, 0.15) is 45.1 Å². The van der Waals surface area contributed by atoms with E-state index in [1.165, 1.54) is 5.56 Å². The summed E-state index contributed by atoms with van der Waals surface area (Å²) in [4.78, 5) is 15.2. The van der Waals surface area contributed by atoms with E-state index in [1.54, 1.807) is 7.11 Å². The summed E-state index contributed by atoms with van der Waals surface area (Å²) < 4.78 is 5.33. The van der Waals surface area contributed by atoms with Gasteiger partial charge in [-0.15, -0.1) is 0 Å². The van der Waals surface area contributed by atoms with E-state index in [0.717, 1.165) is 50.1 Å². The van der Waals surface area contributed by atoms with Crippen LogP contribution in [0.3, 0.4) is 0 Å². The first-order chi connectivity index (χ1) is 13.6. The second kappa shape index (κ2) is 11.7. The molecule has 0 amide bonds. The minimum atomic E-state index is 0.124. The van der Waals surface area contributed by atoms with Gasteiger partial charge in [0.1, 0.15) is 5.76 Å². The molecule has 28 heavy (non-hydrogen) atoms. The molecule has 1 aliphatic carbocycles. The van der Waals surface area contributed by atoms with Gasteiger partial charge in [-0.1, -0.05) is 55.8 Å². The molecule has 2 atom stereocenters. The number of rotatable bonds is 11. The van der Waals surface area contributed by atoms with Crippen LogP contribution in [-0.4, -0.2) is 31.4 Å². The number of hydrogen-bond acceptors (Lipinski definition) is 3. The van der Waals surface area contributed by atoms with Gasteiger partial charge < -0.3 is 9.64 Å². The van der Waals surface area contributed by atoms with E-state index in [0.29, 0.717) is 5.92 Å². The second-order valence-electron chi connectivity index (χ2n) is 7.73. The van der Waals surface area contributed by atoms with Crippen molar-refractivity contribution in [2.45, 2.75) is 46.1 Å². The molecule has 0 heterocycles. The maximum atomic E-state index is 12.8. The van der Waals surface area contributed by atoms with Crippen molar-refractivity contribution in [3.63, 3.8) is 0 Å². The van der Waals surface area contributed by atoms with Crippen LogP contribution >= 0.6 is 0 Å². The van der Waals surface area contributed by atoms with Crippen molar-refractivity contribution in [1.29, 1.82) is 0 Å². The summed E-state index contributed by atoms with van der Waals surface area (Å²) in [6.45, 7) is 6.22. The average Bonchev–Trinajstić information content (AvgIpc) is 3.04. The van der Waals surface area contributed by atoms with Crippen molar-refractivity contribution in [2.24, 2.45) is 11.8 Å². The van der Waals surface area contributed by atoms with E-state index in [9.17, 15) is 4.79 Å². The zero-order valence-corrected chi connectivity index (χ0v) is 17.9. The summed E-state index contributed by atoms with van der Waals surface area (Å²) in [5, 5.41) is 0. The third kappa shape index (κ3) is 6.79. The Labute approximate surface area is 170 Å². The third-order valence-electron chi connectivity index (χ3n) is 5.55. The maximum Gasteiger partial charge on any atom is 0.166 e. The van der Waals surface area contributed by atoms with E-state index < -0.39 is 0 Å². The van der Waals surface area contributed by atoms with E-state index >= 15 is 0 Å². The van der Waals surface area contributed by atoms with Gasteiger partial charge in [-0.3, -0.25) is 4.79 Å². The summed E-state index contributed by atoms with van der Waals surface area (Å²) in [5.41, 5.74) is 2.15. The Balaban J connectivity index is 1.83. The van der Waals surface area contributed by atoms with Gasteiger partial charge in [0.25, 0.3) is 0 Å². The highest BCUT2D eigenvalue weighted by Crippen LogP contribution is 2.31. The molecule has 0 spiro atoms. The largest absolute Gasteiger partial charge is 0.497 e. The van der Waals surface area contributed by atoms with E-state index in [-0.39, 0.29) is 11.7 Å². The number of ketones is 1. The number of hydrogen-bond donors (Lipinski definition) is 0. The number of carbonyl (C=O) groups excluding carboxylic acids is 1. The predicted molar refractivity (Wildman–Crippen MR) is 117 cm³/mol. The van der Waals surface area contributed by atoms with Gasteiger partial charge in [0, 0.05) is 18.0 Å². The topological polar surface area (TPSA) is 29.5 Å². The summed E-state index contributed by atoms with van der Waals surface area (Å²) in [6, 6.07) is 10.6. The number of methoxy groups -OCH3 is 1. The van der Waals surface area contributed by atoms with Crippen molar-refractivity contribution < 1.29 is 9.53 Å². The van der Waals surface area contributed by atoms with E-state index in [1.807, 2.05) is 25.2 Å². The Hall–Kier alpha value is -2.13. The van der Waals surface area contributed by atoms with Crippen LogP contribution in [0.15, 0.2) is 66.0 Å². The number of benzene rings is 1. The van der Waals surface area contributed by atoms with Crippen LogP contribution in [0.2, 0.25) is 0 Å². The minimum absolute atomic E-state index is 0.124. The van der Waals surface area contributed by atoms with Gasteiger partial charge in [-0.25, -0.2) is 0 Å². The smallest absolute Gasteiger partial charge is 0.166 e. The van der Waals surface area contributed by atoms with Crippen LogP contribution in [0.25, 0.3) is 0 Å². The number of allylic oxidation sites excluding steroid dienone is 5. The highest BCUT2D eigenvalue weighted by atomic mass is 16.5. The first kappa shape index (κ1) is 22.2. The molecule has 0 fully saturated rings. The first-order valence-corrected chi connectivity index (χ1v) is 10.4. The molecule has 2 unspecified atom stereocenters.